The molecular weight excluding hydrogens is 250 g/mol. The van der Waals surface area contributed by atoms with Crippen LogP contribution in [0, 0.1) is 22.7 Å². The van der Waals surface area contributed by atoms with Crippen LogP contribution in [0.15, 0.2) is 24.3 Å². The van der Waals surface area contributed by atoms with Gasteiger partial charge in [0.25, 0.3) is 0 Å². The number of nitrogens with one attached hydrogen (secondary N) is 1. The fourth-order valence-corrected chi connectivity index (χ4v) is 2.87. The molecule has 0 saturated carbocycles. The molecule has 0 radical (unpaired) electrons. The molecule has 1 N–H and O–H groups in total. The smallest absolute Gasteiger partial charge is 0.234 e. The lowest BCUT2D eigenvalue weighted by Gasteiger charge is -2.35. The summed E-state index contributed by atoms with van der Waals surface area (Å²) in [5.41, 5.74) is 1.02. The third kappa shape index (κ3) is 2.41. The Hall–Kier alpha value is -1.86. The van der Waals surface area contributed by atoms with Crippen LogP contribution in [-0.2, 0) is 4.79 Å². The predicted octanol–water partition coefficient (Wildman–Crippen LogP) is 2.16. The fourth-order valence-electron chi connectivity index (χ4n) is 2.87. The minimum absolute atomic E-state index is 0.132. The number of carbonyl (C=O) groups excluding carboxylic acids is 1. The van der Waals surface area contributed by atoms with E-state index in [1.807, 2.05) is 12.1 Å². The third-order valence-electron chi connectivity index (χ3n) is 4.39. The fraction of sp³-hybridized carbons (Fsp3) is 0.500. The van der Waals surface area contributed by atoms with E-state index in [4.69, 9.17) is 5.26 Å². The summed E-state index contributed by atoms with van der Waals surface area (Å²) < 4.78 is 0. The molecule has 1 saturated heterocycles. The SMILES string of the molecule is CC(C)C1(C(=O)N(C)c2cccc(C#N)c2)CCNC1. The van der Waals surface area contributed by atoms with Crippen molar-refractivity contribution in [1.29, 1.82) is 5.26 Å². The summed E-state index contributed by atoms with van der Waals surface area (Å²) in [6.07, 6.45) is 0.867. The standard InChI is InChI=1S/C16H21N3O/c1-12(2)16(7-8-18-11-16)15(20)19(3)14-6-4-5-13(9-14)10-17/h4-6,9,12,18H,7-8,11H2,1-3H3. The lowest BCUT2D eigenvalue weighted by atomic mass is 9.75. The van der Waals surface area contributed by atoms with Gasteiger partial charge in [0, 0.05) is 19.3 Å². The van der Waals surface area contributed by atoms with Crippen LogP contribution in [0.1, 0.15) is 25.8 Å². The Kier molecular flexibility index (Phi) is 4.10. The van der Waals surface area contributed by atoms with Gasteiger partial charge in [0.1, 0.15) is 0 Å². The number of benzene rings is 1. The lowest BCUT2D eigenvalue weighted by molar-refractivity contribution is -0.129. The number of hydrogen-bond donors (Lipinski definition) is 1. The molecule has 1 atom stereocenters. The molecule has 1 aromatic carbocycles. The average Bonchev–Trinajstić information content (AvgIpc) is 2.96. The Morgan fingerprint density at radius 1 is 1.50 bits per heavy atom. The van der Waals surface area contributed by atoms with E-state index in [2.05, 4.69) is 25.2 Å². The van der Waals surface area contributed by atoms with Crippen LogP contribution in [0.5, 0.6) is 0 Å². The van der Waals surface area contributed by atoms with E-state index in [1.54, 1.807) is 24.1 Å². The van der Waals surface area contributed by atoms with Gasteiger partial charge in [-0.05, 0) is 37.1 Å². The van der Waals surface area contributed by atoms with Gasteiger partial charge in [0.05, 0.1) is 17.0 Å². The van der Waals surface area contributed by atoms with Crippen LogP contribution in [0.4, 0.5) is 5.69 Å². The summed E-state index contributed by atoms with van der Waals surface area (Å²) >= 11 is 0. The highest BCUT2D eigenvalue weighted by atomic mass is 16.2. The largest absolute Gasteiger partial charge is 0.316 e. The monoisotopic (exact) mass is 271 g/mol. The van der Waals surface area contributed by atoms with Gasteiger partial charge >= 0.3 is 0 Å². The van der Waals surface area contributed by atoms with Gasteiger partial charge in [-0.25, -0.2) is 0 Å². The Bertz CT molecular complexity index is 539. The Balaban J connectivity index is 2.30. The second-order valence-corrected chi connectivity index (χ2v) is 5.76. The van der Waals surface area contributed by atoms with Gasteiger partial charge in [-0.1, -0.05) is 19.9 Å². The van der Waals surface area contributed by atoms with Gasteiger partial charge in [-0.2, -0.15) is 5.26 Å². The van der Waals surface area contributed by atoms with E-state index in [9.17, 15) is 4.79 Å². The van der Waals surface area contributed by atoms with Gasteiger partial charge in [0.2, 0.25) is 5.91 Å². The van der Waals surface area contributed by atoms with E-state index in [1.165, 1.54) is 0 Å². The van der Waals surface area contributed by atoms with Gasteiger partial charge in [0.15, 0.2) is 0 Å². The molecule has 4 heteroatoms. The molecule has 1 heterocycles. The van der Waals surface area contributed by atoms with Crippen molar-refractivity contribution in [3.05, 3.63) is 29.8 Å². The number of carbonyl (C=O) groups is 1. The quantitative estimate of drug-likeness (QED) is 0.916. The molecular formula is C16H21N3O. The summed E-state index contributed by atoms with van der Waals surface area (Å²) in [5.74, 6) is 0.416. The average molecular weight is 271 g/mol. The first-order valence-corrected chi connectivity index (χ1v) is 7.00. The highest BCUT2D eigenvalue weighted by Crippen LogP contribution is 2.37. The molecule has 0 bridgehead atoms. The zero-order chi connectivity index (χ0) is 14.8. The van der Waals surface area contributed by atoms with Crippen LogP contribution in [-0.4, -0.2) is 26.0 Å². The molecule has 1 unspecified atom stereocenters. The lowest BCUT2D eigenvalue weighted by Crippen LogP contribution is -2.47. The Morgan fingerprint density at radius 3 is 2.80 bits per heavy atom. The van der Waals surface area contributed by atoms with Crippen molar-refractivity contribution in [3.63, 3.8) is 0 Å². The van der Waals surface area contributed by atoms with Crippen molar-refractivity contribution in [1.82, 2.24) is 5.32 Å². The maximum absolute atomic E-state index is 12.9. The zero-order valence-electron chi connectivity index (χ0n) is 12.3. The molecule has 2 rings (SSSR count). The van der Waals surface area contributed by atoms with Gasteiger partial charge in [-0.3, -0.25) is 4.79 Å². The molecule has 4 nitrogen and oxygen atoms in total. The first-order valence-electron chi connectivity index (χ1n) is 7.00. The third-order valence-corrected chi connectivity index (χ3v) is 4.39. The summed E-state index contributed by atoms with van der Waals surface area (Å²) in [6, 6.07) is 9.30. The van der Waals surface area contributed by atoms with Gasteiger partial charge < -0.3 is 10.2 Å². The molecule has 0 spiro atoms. The number of rotatable bonds is 3. The minimum Gasteiger partial charge on any atom is -0.316 e. The summed E-state index contributed by atoms with van der Waals surface area (Å²) in [6.45, 7) is 5.82. The number of hydrogen-bond acceptors (Lipinski definition) is 3. The Morgan fingerprint density at radius 2 is 2.25 bits per heavy atom. The van der Waals surface area contributed by atoms with E-state index < -0.39 is 0 Å². The van der Waals surface area contributed by atoms with Crippen LogP contribution < -0.4 is 10.2 Å². The van der Waals surface area contributed by atoms with Gasteiger partial charge in [-0.15, -0.1) is 0 Å². The van der Waals surface area contributed by atoms with Crippen molar-refractivity contribution < 1.29 is 4.79 Å². The molecule has 20 heavy (non-hydrogen) atoms. The highest BCUT2D eigenvalue weighted by molar-refractivity contribution is 5.97. The molecule has 0 aliphatic carbocycles. The van der Waals surface area contributed by atoms with E-state index >= 15 is 0 Å². The molecule has 1 aromatic rings. The minimum atomic E-state index is -0.336. The van der Waals surface area contributed by atoms with E-state index in [0.717, 1.165) is 25.2 Å². The number of nitrogens with zero attached hydrogens (tertiary/aromatic N) is 2. The van der Waals surface area contributed by atoms with Crippen LogP contribution in [0.3, 0.4) is 0 Å². The molecule has 1 aliphatic rings. The summed E-state index contributed by atoms with van der Waals surface area (Å²) in [7, 11) is 1.79. The molecule has 0 aromatic heterocycles. The maximum Gasteiger partial charge on any atom is 0.234 e. The summed E-state index contributed by atoms with van der Waals surface area (Å²) in [4.78, 5) is 14.6. The van der Waals surface area contributed by atoms with Crippen LogP contribution in [0.25, 0.3) is 0 Å². The molecule has 106 valence electrons. The van der Waals surface area contributed by atoms with Crippen LogP contribution >= 0.6 is 0 Å². The number of nitriles is 1. The normalized spacial score (nSPS) is 21.8. The molecule has 1 amide bonds. The maximum atomic E-state index is 12.9. The topological polar surface area (TPSA) is 56.1 Å². The first-order chi connectivity index (χ1) is 9.51. The van der Waals surface area contributed by atoms with Crippen molar-refractivity contribution in [2.45, 2.75) is 20.3 Å². The van der Waals surface area contributed by atoms with Crippen molar-refractivity contribution >= 4 is 11.6 Å². The zero-order valence-corrected chi connectivity index (χ0v) is 12.3. The van der Waals surface area contributed by atoms with Crippen molar-refractivity contribution in [3.8, 4) is 6.07 Å². The predicted molar refractivity (Wildman–Crippen MR) is 79.3 cm³/mol. The highest BCUT2D eigenvalue weighted by Gasteiger charge is 2.45. The Labute approximate surface area is 120 Å². The second kappa shape index (κ2) is 5.64. The number of amides is 1. The molecule has 1 aliphatic heterocycles. The molecule has 1 fully saturated rings. The van der Waals surface area contributed by atoms with Crippen LogP contribution in [0.2, 0.25) is 0 Å². The first kappa shape index (κ1) is 14.5. The van der Waals surface area contributed by atoms with E-state index in [-0.39, 0.29) is 17.2 Å². The second-order valence-electron chi connectivity index (χ2n) is 5.76. The van der Waals surface area contributed by atoms with Crippen molar-refractivity contribution in [2.75, 3.05) is 25.0 Å². The summed E-state index contributed by atoms with van der Waals surface area (Å²) in [5, 5.41) is 12.3. The van der Waals surface area contributed by atoms with Crippen molar-refractivity contribution in [2.24, 2.45) is 11.3 Å². The number of anilines is 1. The van der Waals surface area contributed by atoms with E-state index in [0.29, 0.717) is 5.56 Å².